The molecule has 2 aromatic rings. The predicted molar refractivity (Wildman–Crippen MR) is 83.6 cm³/mol. The molecule has 0 fully saturated rings. The SMILES string of the molecule is Cc1cc(C)c(CNC(C)(C)C)c(Oc2cnn(C)c2)n1. The molecule has 0 saturated carbocycles. The van der Waals surface area contributed by atoms with Crippen LogP contribution < -0.4 is 10.1 Å². The third-order valence-corrected chi connectivity index (χ3v) is 3.13. The van der Waals surface area contributed by atoms with Gasteiger partial charge in [-0.15, -0.1) is 0 Å². The van der Waals surface area contributed by atoms with Gasteiger partial charge in [0.05, 0.1) is 12.4 Å². The van der Waals surface area contributed by atoms with Gasteiger partial charge in [-0.1, -0.05) is 0 Å². The number of aromatic nitrogens is 3. The van der Waals surface area contributed by atoms with E-state index in [-0.39, 0.29) is 5.54 Å². The Bertz CT molecular complexity index is 626. The van der Waals surface area contributed by atoms with Crippen molar-refractivity contribution in [2.45, 2.75) is 46.7 Å². The molecular formula is C16H24N4O. The van der Waals surface area contributed by atoms with Crippen molar-refractivity contribution in [2.75, 3.05) is 0 Å². The first-order valence-electron chi connectivity index (χ1n) is 7.13. The lowest BCUT2D eigenvalue weighted by Crippen LogP contribution is -2.35. The summed E-state index contributed by atoms with van der Waals surface area (Å²) in [5, 5.41) is 7.61. The number of aryl methyl sites for hydroxylation is 3. The van der Waals surface area contributed by atoms with Gasteiger partial charge >= 0.3 is 0 Å². The molecule has 0 aliphatic heterocycles. The van der Waals surface area contributed by atoms with E-state index in [1.807, 2.05) is 20.2 Å². The Labute approximate surface area is 126 Å². The van der Waals surface area contributed by atoms with Crippen LogP contribution in [0.3, 0.4) is 0 Å². The summed E-state index contributed by atoms with van der Waals surface area (Å²) in [4.78, 5) is 4.54. The van der Waals surface area contributed by atoms with Gasteiger partial charge in [0.15, 0.2) is 5.75 Å². The van der Waals surface area contributed by atoms with Crippen LogP contribution in [0.4, 0.5) is 0 Å². The van der Waals surface area contributed by atoms with E-state index >= 15 is 0 Å². The molecule has 0 spiro atoms. The molecule has 0 amide bonds. The molecule has 0 radical (unpaired) electrons. The monoisotopic (exact) mass is 288 g/mol. The molecule has 0 aliphatic rings. The molecule has 0 saturated heterocycles. The standard InChI is InChI=1S/C16H24N4O/c1-11-7-12(2)19-15(14(11)9-17-16(3,4)5)21-13-8-18-20(6)10-13/h7-8,10,17H,9H2,1-6H3. The Morgan fingerprint density at radius 2 is 2.00 bits per heavy atom. The maximum Gasteiger partial charge on any atom is 0.224 e. The molecule has 0 bridgehead atoms. The van der Waals surface area contributed by atoms with Gasteiger partial charge in [-0.05, 0) is 46.2 Å². The van der Waals surface area contributed by atoms with E-state index in [4.69, 9.17) is 4.74 Å². The normalized spacial score (nSPS) is 11.7. The van der Waals surface area contributed by atoms with E-state index in [9.17, 15) is 0 Å². The molecule has 2 rings (SSSR count). The fourth-order valence-electron chi connectivity index (χ4n) is 2.05. The van der Waals surface area contributed by atoms with Crippen molar-refractivity contribution in [3.8, 4) is 11.6 Å². The summed E-state index contributed by atoms with van der Waals surface area (Å²) in [5.74, 6) is 1.35. The summed E-state index contributed by atoms with van der Waals surface area (Å²) in [6, 6.07) is 2.08. The van der Waals surface area contributed by atoms with E-state index in [1.54, 1.807) is 10.9 Å². The van der Waals surface area contributed by atoms with Gasteiger partial charge in [-0.3, -0.25) is 4.68 Å². The van der Waals surface area contributed by atoms with E-state index < -0.39 is 0 Å². The van der Waals surface area contributed by atoms with Crippen LogP contribution in [-0.4, -0.2) is 20.3 Å². The van der Waals surface area contributed by atoms with Crippen LogP contribution in [0.2, 0.25) is 0 Å². The minimum absolute atomic E-state index is 0.0445. The Morgan fingerprint density at radius 1 is 1.29 bits per heavy atom. The molecule has 21 heavy (non-hydrogen) atoms. The molecule has 5 heteroatoms. The Kier molecular flexibility index (Phi) is 4.32. The second kappa shape index (κ2) is 5.85. The zero-order valence-electron chi connectivity index (χ0n) is 13.7. The number of rotatable bonds is 4. The van der Waals surface area contributed by atoms with Crippen molar-refractivity contribution in [3.63, 3.8) is 0 Å². The van der Waals surface area contributed by atoms with Crippen molar-refractivity contribution in [3.05, 3.63) is 35.3 Å². The summed E-state index contributed by atoms with van der Waals surface area (Å²) < 4.78 is 7.64. The smallest absolute Gasteiger partial charge is 0.224 e. The van der Waals surface area contributed by atoms with E-state index in [2.05, 4.69) is 49.2 Å². The molecule has 2 aromatic heterocycles. The van der Waals surface area contributed by atoms with Crippen LogP contribution in [0, 0.1) is 13.8 Å². The number of hydrogen-bond acceptors (Lipinski definition) is 4. The molecule has 0 aliphatic carbocycles. The third kappa shape index (κ3) is 4.29. The first-order chi connectivity index (χ1) is 9.74. The lowest BCUT2D eigenvalue weighted by Gasteiger charge is -2.22. The summed E-state index contributed by atoms with van der Waals surface area (Å²) in [7, 11) is 1.86. The minimum atomic E-state index is 0.0445. The third-order valence-electron chi connectivity index (χ3n) is 3.13. The Morgan fingerprint density at radius 3 is 2.57 bits per heavy atom. The van der Waals surface area contributed by atoms with Crippen LogP contribution in [0.25, 0.3) is 0 Å². The highest BCUT2D eigenvalue weighted by Gasteiger charge is 2.15. The zero-order valence-corrected chi connectivity index (χ0v) is 13.7. The highest BCUT2D eigenvalue weighted by Crippen LogP contribution is 2.26. The quantitative estimate of drug-likeness (QED) is 0.939. The lowest BCUT2D eigenvalue weighted by molar-refractivity contribution is 0.408. The molecule has 0 unspecified atom stereocenters. The largest absolute Gasteiger partial charge is 0.435 e. The molecule has 2 heterocycles. The van der Waals surface area contributed by atoms with Crippen LogP contribution in [-0.2, 0) is 13.6 Å². The van der Waals surface area contributed by atoms with Gasteiger partial charge < -0.3 is 10.1 Å². The molecule has 0 atom stereocenters. The highest BCUT2D eigenvalue weighted by molar-refractivity contribution is 5.38. The van der Waals surface area contributed by atoms with Crippen molar-refractivity contribution in [2.24, 2.45) is 7.05 Å². The van der Waals surface area contributed by atoms with E-state index in [0.717, 1.165) is 17.8 Å². The first-order valence-corrected chi connectivity index (χ1v) is 7.13. The summed E-state index contributed by atoms with van der Waals surface area (Å²) in [5.41, 5.74) is 3.26. The maximum absolute atomic E-state index is 5.92. The number of hydrogen-bond donors (Lipinski definition) is 1. The number of pyridine rings is 1. The highest BCUT2D eigenvalue weighted by atomic mass is 16.5. The predicted octanol–water partition coefficient (Wildman–Crippen LogP) is 3.11. The Balaban J connectivity index is 2.29. The lowest BCUT2D eigenvalue weighted by atomic mass is 10.1. The summed E-state index contributed by atoms with van der Waals surface area (Å²) >= 11 is 0. The van der Waals surface area contributed by atoms with Crippen LogP contribution in [0.1, 0.15) is 37.6 Å². The molecule has 114 valence electrons. The van der Waals surface area contributed by atoms with E-state index in [0.29, 0.717) is 11.6 Å². The maximum atomic E-state index is 5.92. The number of ether oxygens (including phenoxy) is 1. The zero-order chi connectivity index (χ0) is 15.6. The first kappa shape index (κ1) is 15.5. The topological polar surface area (TPSA) is 52.0 Å². The number of nitrogens with one attached hydrogen (secondary N) is 1. The summed E-state index contributed by atoms with van der Waals surface area (Å²) in [6.45, 7) is 11.2. The molecular weight excluding hydrogens is 264 g/mol. The average Bonchev–Trinajstić information content (AvgIpc) is 2.72. The second-order valence-electron chi connectivity index (χ2n) is 6.42. The fraction of sp³-hybridized carbons (Fsp3) is 0.500. The van der Waals surface area contributed by atoms with E-state index in [1.165, 1.54) is 5.56 Å². The number of nitrogens with zero attached hydrogens (tertiary/aromatic N) is 3. The van der Waals surface area contributed by atoms with Crippen molar-refractivity contribution >= 4 is 0 Å². The van der Waals surface area contributed by atoms with Crippen molar-refractivity contribution in [1.29, 1.82) is 0 Å². The van der Waals surface area contributed by atoms with Crippen LogP contribution in [0.5, 0.6) is 11.6 Å². The van der Waals surface area contributed by atoms with Gasteiger partial charge in [0, 0.05) is 30.4 Å². The van der Waals surface area contributed by atoms with Crippen molar-refractivity contribution in [1.82, 2.24) is 20.1 Å². The molecule has 0 aromatic carbocycles. The summed E-state index contributed by atoms with van der Waals surface area (Å²) in [6.07, 6.45) is 3.53. The minimum Gasteiger partial charge on any atom is -0.435 e. The Hall–Kier alpha value is -1.88. The average molecular weight is 288 g/mol. The van der Waals surface area contributed by atoms with Gasteiger partial charge in [-0.25, -0.2) is 4.98 Å². The van der Waals surface area contributed by atoms with Crippen LogP contribution >= 0.6 is 0 Å². The fourth-order valence-corrected chi connectivity index (χ4v) is 2.05. The van der Waals surface area contributed by atoms with Crippen LogP contribution in [0.15, 0.2) is 18.5 Å². The van der Waals surface area contributed by atoms with Gasteiger partial charge in [0.1, 0.15) is 0 Å². The second-order valence-corrected chi connectivity index (χ2v) is 6.42. The van der Waals surface area contributed by atoms with Crippen molar-refractivity contribution < 1.29 is 4.74 Å². The van der Waals surface area contributed by atoms with Gasteiger partial charge in [-0.2, -0.15) is 5.10 Å². The van der Waals surface area contributed by atoms with Gasteiger partial charge in [0.25, 0.3) is 0 Å². The molecule has 1 N–H and O–H groups in total. The van der Waals surface area contributed by atoms with Gasteiger partial charge in [0.2, 0.25) is 5.88 Å². The molecule has 5 nitrogen and oxygen atoms in total.